The fourth-order valence-corrected chi connectivity index (χ4v) is 5.15. The van der Waals surface area contributed by atoms with E-state index in [9.17, 15) is 9.59 Å². The highest BCUT2D eigenvalue weighted by atomic mass is 16.2. The summed E-state index contributed by atoms with van der Waals surface area (Å²) in [6.45, 7) is 2.04. The monoisotopic (exact) mass is 406 g/mol. The number of fused-ring (bicyclic) bond motifs is 1. The van der Waals surface area contributed by atoms with E-state index in [1.165, 1.54) is 19.3 Å². The van der Waals surface area contributed by atoms with Gasteiger partial charge < -0.3 is 4.90 Å². The number of benzene rings is 3. The number of pyridine rings is 1. The summed E-state index contributed by atoms with van der Waals surface area (Å²) in [6.07, 6.45) is 3.61. The number of piperidine rings is 1. The first-order valence-electron chi connectivity index (χ1n) is 11.0. The Hall–Kier alpha value is -3.53. The number of carbonyl (C=O) groups excluding carboxylic acids is 2. The lowest BCUT2D eigenvalue weighted by Crippen LogP contribution is -2.31. The van der Waals surface area contributed by atoms with Gasteiger partial charge in [0.05, 0.1) is 11.2 Å². The van der Waals surface area contributed by atoms with Crippen LogP contribution in [0.5, 0.6) is 0 Å². The Bertz CT molecular complexity index is 1350. The minimum absolute atomic E-state index is 0.151. The fourth-order valence-electron chi connectivity index (χ4n) is 5.15. The van der Waals surface area contributed by atoms with Crippen LogP contribution >= 0.6 is 0 Å². The van der Waals surface area contributed by atoms with Crippen LogP contribution in [-0.2, 0) is 0 Å². The Kier molecular flexibility index (Phi) is 4.13. The maximum Gasteiger partial charge on any atom is 0.180 e. The third-order valence-corrected chi connectivity index (χ3v) is 6.69. The molecule has 4 nitrogen and oxygen atoms in total. The second kappa shape index (κ2) is 7.02. The second-order valence-corrected chi connectivity index (χ2v) is 8.50. The summed E-state index contributed by atoms with van der Waals surface area (Å²) >= 11 is 0. The highest BCUT2D eigenvalue weighted by Gasteiger charge is 2.38. The predicted octanol–water partition coefficient (Wildman–Crippen LogP) is 5.54. The van der Waals surface area contributed by atoms with E-state index in [2.05, 4.69) is 16.0 Å². The lowest BCUT2D eigenvalue weighted by atomic mass is 9.78. The lowest BCUT2D eigenvalue weighted by molar-refractivity contribution is 0.0854. The maximum atomic E-state index is 13.6. The van der Waals surface area contributed by atoms with Gasteiger partial charge in [0, 0.05) is 46.1 Å². The van der Waals surface area contributed by atoms with Crippen molar-refractivity contribution in [2.24, 2.45) is 0 Å². The molecule has 1 atom stereocenters. The van der Waals surface area contributed by atoms with Crippen LogP contribution < -0.4 is 4.90 Å². The van der Waals surface area contributed by atoms with Crippen molar-refractivity contribution in [1.82, 2.24) is 4.98 Å². The van der Waals surface area contributed by atoms with Crippen molar-refractivity contribution in [3.05, 3.63) is 83.6 Å². The molecule has 0 bridgehead atoms. The van der Waals surface area contributed by atoms with Gasteiger partial charge in [0.25, 0.3) is 0 Å². The van der Waals surface area contributed by atoms with Crippen LogP contribution in [0.25, 0.3) is 21.7 Å². The largest absolute Gasteiger partial charge is 0.371 e. The van der Waals surface area contributed by atoms with Gasteiger partial charge in [-0.25, -0.2) is 0 Å². The summed E-state index contributed by atoms with van der Waals surface area (Å²) < 4.78 is 0. The molecule has 6 rings (SSSR count). The summed E-state index contributed by atoms with van der Waals surface area (Å²) in [5.74, 6) is -1.19. The Morgan fingerprint density at radius 3 is 2.35 bits per heavy atom. The number of hydrogen-bond donors (Lipinski definition) is 0. The molecule has 0 amide bonds. The zero-order chi connectivity index (χ0) is 20.9. The molecule has 1 saturated heterocycles. The predicted molar refractivity (Wildman–Crippen MR) is 123 cm³/mol. The Morgan fingerprint density at radius 1 is 0.742 bits per heavy atom. The Balaban J connectivity index is 1.51. The minimum Gasteiger partial charge on any atom is -0.371 e. The van der Waals surface area contributed by atoms with E-state index in [-0.39, 0.29) is 11.6 Å². The Labute approximate surface area is 180 Å². The number of rotatable bonds is 2. The van der Waals surface area contributed by atoms with Crippen LogP contribution in [0.15, 0.2) is 66.7 Å². The SMILES string of the molecule is O=C1c2cccc3c(N4CCCCC4)ccc(c23)C(=O)C1c1ccc2ccccc2n1. The van der Waals surface area contributed by atoms with Gasteiger partial charge in [0.1, 0.15) is 5.92 Å². The van der Waals surface area contributed by atoms with Crippen LogP contribution in [0.2, 0.25) is 0 Å². The number of aromatic nitrogens is 1. The summed E-state index contributed by atoms with van der Waals surface area (Å²) in [7, 11) is 0. The fraction of sp³-hybridized carbons (Fsp3) is 0.222. The molecule has 1 unspecified atom stereocenters. The lowest BCUT2D eigenvalue weighted by Gasteiger charge is -2.31. The normalized spacial score (nSPS) is 18.7. The third kappa shape index (κ3) is 2.78. The van der Waals surface area contributed by atoms with E-state index in [0.717, 1.165) is 40.5 Å². The zero-order valence-corrected chi connectivity index (χ0v) is 17.2. The smallest absolute Gasteiger partial charge is 0.180 e. The van der Waals surface area contributed by atoms with Gasteiger partial charge in [-0.05, 0) is 43.5 Å². The van der Waals surface area contributed by atoms with Crippen LogP contribution in [0.1, 0.15) is 51.6 Å². The highest BCUT2D eigenvalue weighted by Crippen LogP contribution is 2.40. The molecule has 1 aliphatic heterocycles. The quantitative estimate of drug-likeness (QED) is 0.410. The molecule has 2 aliphatic rings. The van der Waals surface area contributed by atoms with E-state index >= 15 is 0 Å². The molecule has 31 heavy (non-hydrogen) atoms. The van der Waals surface area contributed by atoms with E-state index in [0.29, 0.717) is 16.8 Å². The van der Waals surface area contributed by atoms with Gasteiger partial charge in [-0.15, -0.1) is 0 Å². The van der Waals surface area contributed by atoms with Gasteiger partial charge in [0.15, 0.2) is 11.6 Å². The topological polar surface area (TPSA) is 50.3 Å². The first kappa shape index (κ1) is 18.3. The van der Waals surface area contributed by atoms with Gasteiger partial charge in [0.2, 0.25) is 0 Å². The molecule has 0 spiro atoms. The van der Waals surface area contributed by atoms with E-state index < -0.39 is 5.92 Å². The molecular weight excluding hydrogens is 384 g/mol. The summed E-state index contributed by atoms with van der Waals surface area (Å²) in [5.41, 5.74) is 3.71. The number of anilines is 1. The molecule has 4 heteroatoms. The highest BCUT2D eigenvalue weighted by molar-refractivity contribution is 6.32. The van der Waals surface area contributed by atoms with Crippen molar-refractivity contribution >= 4 is 38.9 Å². The Morgan fingerprint density at radius 2 is 1.52 bits per heavy atom. The van der Waals surface area contributed by atoms with Gasteiger partial charge >= 0.3 is 0 Å². The van der Waals surface area contributed by atoms with Crippen molar-refractivity contribution in [3.63, 3.8) is 0 Å². The van der Waals surface area contributed by atoms with Crippen LogP contribution in [0, 0.1) is 0 Å². The van der Waals surface area contributed by atoms with Gasteiger partial charge in [-0.3, -0.25) is 14.6 Å². The number of carbonyl (C=O) groups is 2. The first-order valence-corrected chi connectivity index (χ1v) is 11.0. The summed E-state index contributed by atoms with van der Waals surface area (Å²) in [6, 6.07) is 21.3. The molecule has 2 heterocycles. The van der Waals surface area contributed by atoms with Gasteiger partial charge in [-0.2, -0.15) is 0 Å². The van der Waals surface area contributed by atoms with Crippen LogP contribution in [0.3, 0.4) is 0 Å². The standard InChI is InChI=1S/C27H22N2O2/c30-26-19-9-6-8-18-23(29-15-4-1-5-16-29)14-12-20(24(18)19)27(31)25(26)22-13-11-17-7-2-3-10-21(17)28-22/h2-3,6-14,25H,1,4-5,15-16H2. The minimum atomic E-state index is -0.886. The summed E-state index contributed by atoms with van der Waals surface area (Å²) in [4.78, 5) is 34.2. The summed E-state index contributed by atoms with van der Waals surface area (Å²) in [5, 5.41) is 2.80. The second-order valence-electron chi connectivity index (χ2n) is 8.50. The molecule has 0 N–H and O–H groups in total. The molecule has 1 fully saturated rings. The van der Waals surface area contributed by atoms with Crippen molar-refractivity contribution < 1.29 is 9.59 Å². The molecule has 4 aromatic rings. The molecule has 0 saturated carbocycles. The zero-order valence-electron chi connectivity index (χ0n) is 17.2. The number of ketones is 2. The molecule has 1 aromatic heterocycles. The molecular formula is C27H22N2O2. The van der Waals surface area contributed by atoms with E-state index in [1.807, 2.05) is 60.7 Å². The number of para-hydroxylation sites is 1. The molecule has 0 radical (unpaired) electrons. The van der Waals surface area contributed by atoms with Crippen LogP contribution in [0.4, 0.5) is 5.69 Å². The van der Waals surface area contributed by atoms with Crippen LogP contribution in [-0.4, -0.2) is 29.6 Å². The van der Waals surface area contributed by atoms with E-state index in [1.54, 1.807) is 0 Å². The van der Waals surface area contributed by atoms with Crippen molar-refractivity contribution in [3.8, 4) is 0 Å². The van der Waals surface area contributed by atoms with Crippen molar-refractivity contribution in [1.29, 1.82) is 0 Å². The third-order valence-electron chi connectivity index (χ3n) is 6.69. The molecule has 1 aliphatic carbocycles. The number of hydrogen-bond acceptors (Lipinski definition) is 4. The molecule has 3 aromatic carbocycles. The van der Waals surface area contributed by atoms with Crippen molar-refractivity contribution in [2.75, 3.05) is 18.0 Å². The average Bonchev–Trinajstić information content (AvgIpc) is 2.83. The number of Topliss-reactive ketones (excluding diaryl/α,β-unsaturated/α-hetero) is 2. The maximum absolute atomic E-state index is 13.6. The van der Waals surface area contributed by atoms with E-state index in [4.69, 9.17) is 0 Å². The first-order chi connectivity index (χ1) is 15.2. The molecule has 152 valence electrons. The van der Waals surface area contributed by atoms with Gasteiger partial charge in [-0.1, -0.05) is 42.5 Å². The number of nitrogens with zero attached hydrogens (tertiary/aromatic N) is 2. The average molecular weight is 406 g/mol. The van der Waals surface area contributed by atoms with Crippen molar-refractivity contribution in [2.45, 2.75) is 25.2 Å².